The van der Waals surface area contributed by atoms with Gasteiger partial charge in [0.2, 0.25) is 5.91 Å². The Hall–Kier alpha value is -2.17. The van der Waals surface area contributed by atoms with Crippen LogP contribution in [0.3, 0.4) is 0 Å². The molecule has 65 heavy (non-hydrogen) atoms. The third-order valence-electron chi connectivity index (χ3n) is 12.9. The molecule has 0 spiro atoms. The van der Waals surface area contributed by atoms with E-state index in [1.807, 2.05) is 6.08 Å². The predicted molar refractivity (Wildman–Crippen MR) is 290 cm³/mol. The van der Waals surface area contributed by atoms with Crippen LogP contribution in [0.1, 0.15) is 290 Å². The zero-order chi connectivity index (χ0) is 47.0. The number of carbonyl (C=O) groups excluding carboxylic acids is 1. The number of aliphatic hydroxyl groups is 2. The van der Waals surface area contributed by atoms with Gasteiger partial charge in [0, 0.05) is 6.42 Å². The molecule has 378 valence electrons. The molecule has 0 fully saturated rings. The fourth-order valence-electron chi connectivity index (χ4n) is 8.51. The molecule has 0 aliphatic carbocycles. The lowest BCUT2D eigenvalue weighted by Crippen LogP contribution is -2.45. The minimum absolute atomic E-state index is 0.0763. The van der Waals surface area contributed by atoms with E-state index in [2.05, 4.69) is 79.9 Å². The molecule has 1 amide bonds. The first-order valence-electron chi connectivity index (χ1n) is 28.7. The minimum atomic E-state index is -0.873. The first-order chi connectivity index (χ1) is 32.2. The first-order valence-corrected chi connectivity index (χ1v) is 28.7. The van der Waals surface area contributed by atoms with E-state index in [-0.39, 0.29) is 12.5 Å². The summed E-state index contributed by atoms with van der Waals surface area (Å²) in [4.78, 5) is 12.5. The van der Waals surface area contributed by atoms with Crippen LogP contribution in [0.4, 0.5) is 0 Å². The van der Waals surface area contributed by atoms with Crippen molar-refractivity contribution in [2.45, 2.75) is 302 Å². The molecule has 0 aliphatic heterocycles. The molecule has 3 N–H and O–H groups in total. The van der Waals surface area contributed by atoms with Crippen LogP contribution < -0.4 is 5.32 Å². The molecule has 2 unspecified atom stereocenters. The highest BCUT2D eigenvalue weighted by molar-refractivity contribution is 5.76. The van der Waals surface area contributed by atoms with Gasteiger partial charge in [0.1, 0.15) is 0 Å². The van der Waals surface area contributed by atoms with Gasteiger partial charge in [0.25, 0.3) is 0 Å². The Morgan fingerprint density at radius 1 is 0.369 bits per heavy atom. The summed E-state index contributed by atoms with van der Waals surface area (Å²) in [6.07, 6.45) is 80.7. The Balaban J connectivity index is 3.53. The lowest BCUT2D eigenvalue weighted by Gasteiger charge is -2.19. The van der Waals surface area contributed by atoms with E-state index in [0.29, 0.717) is 6.42 Å². The molecule has 0 aliphatic rings. The number of rotatable bonds is 52. The Morgan fingerprint density at radius 3 is 1.00 bits per heavy atom. The summed E-state index contributed by atoms with van der Waals surface area (Å²) in [7, 11) is 0. The SMILES string of the molecule is CCCCCCC/C=C\C/C=C\C/C=C\CCCCCCCCCCCCCCCCCCCCC(=O)NC(CO)C(O)/C=C/CC/C=C/CC/C=C/CCCCCCCCCCCC. The van der Waals surface area contributed by atoms with Crippen LogP contribution in [-0.4, -0.2) is 34.9 Å². The summed E-state index contributed by atoms with van der Waals surface area (Å²) >= 11 is 0. The number of unbranched alkanes of at least 4 members (excludes halogenated alkanes) is 35. The number of hydrogen-bond acceptors (Lipinski definition) is 3. The molecule has 0 heterocycles. The van der Waals surface area contributed by atoms with Gasteiger partial charge in [-0.05, 0) is 83.5 Å². The zero-order valence-electron chi connectivity index (χ0n) is 43.5. The molecule has 0 rings (SSSR count). The molecule has 0 aromatic carbocycles. The van der Waals surface area contributed by atoms with Crippen molar-refractivity contribution < 1.29 is 15.0 Å². The van der Waals surface area contributed by atoms with Crippen LogP contribution in [-0.2, 0) is 4.79 Å². The van der Waals surface area contributed by atoms with E-state index in [1.54, 1.807) is 6.08 Å². The highest BCUT2D eigenvalue weighted by Gasteiger charge is 2.18. The summed E-state index contributed by atoms with van der Waals surface area (Å²) < 4.78 is 0. The number of carbonyl (C=O) groups is 1. The third-order valence-corrected chi connectivity index (χ3v) is 12.9. The molecule has 0 aromatic heterocycles. The fourth-order valence-corrected chi connectivity index (χ4v) is 8.51. The second-order valence-electron chi connectivity index (χ2n) is 19.3. The molecule has 4 nitrogen and oxygen atoms in total. The zero-order valence-corrected chi connectivity index (χ0v) is 43.5. The average molecular weight is 907 g/mol. The Morgan fingerprint density at radius 2 is 0.646 bits per heavy atom. The van der Waals surface area contributed by atoms with Crippen LogP contribution in [0.2, 0.25) is 0 Å². The van der Waals surface area contributed by atoms with Gasteiger partial charge in [-0.2, -0.15) is 0 Å². The standard InChI is InChI=1S/C61H111NO3/c1-3-5-7-9-11-13-15-17-19-21-23-25-26-27-28-29-30-31-32-33-34-35-36-37-39-41-43-45-47-49-51-53-55-57-61(65)62-59(58-63)60(64)56-54-52-50-48-46-44-42-40-38-24-22-20-18-16-14-12-10-8-6-4-2/h15,17,21,23,26-27,38,40,46,48,54,56,59-60,63-64H,3-14,16,18-20,22,24-25,28-37,39,41-45,47,49-53,55,57-58H2,1-2H3,(H,62,65)/b17-15-,23-21-,27-26-,40-38+,48-46+,56-54+. The summed E-state index contributed by atoms with van der Waals surface area (Å²) in [6.45, 7) is 4.30. The molecule has 0 saturated heterocycles. The summed E-state index contributed by atoms with van der Waals surface area (Å²) in [5.41, 5.74) is 0. The first kappa shape index (κ1) is 62.8. The summed E-state index contributed by atoms with van der Waals surface area (Å²) in [5, 5.41) is 23.1. The molecular formula is C61H111NO3. The van der Waals surface area contributed by atoms with E-state index >= 15 is 0 Å². The lowest BCUT2D eigenvalue weighted by molar-refractivity contribution is -0.123. The molecule has 4 heteroatoms. The Labute approximate surface area is 406 Å². The van der Waals surface area contributed by atoms with Crippen molar-refractivity contribution in [3.63, 3.8) is 0 Å². The Bertz CT molecular complexity index is 1120. The van der Waals surface area contributed by atoms with Gasteiger partial charge in [-0.15, -0.1) is 0 Å². The highest BCUT2D eigenvalue weighted by Crippen LogP contribution is 2.16. The van der Waals surface area contributed by atoms with Gasteiger partial charge in [0.15, 0.2) is 0 Å². The topological polar surface area (TPSA) is 69.6 Å². The maximum atomic E-state index is 12.5. The van der Waals surface area contributed by atoms with Crippen LogP contribution in [0.25, 0.3) is 0 Å². The van der Waals surface area contributed by atoms with Gasteiger partial charge < -0.3 is 15.5 Å². The van der Waals surface area contributed by atoms with Crippen LogP contribution in [0.15, 0.2) is 72.9 Å². The molecular weight excluding hydrogens is 795 g/mol. The second-order valence-corrected chi connectivity index (χ2v) is 19.3. The van der Waals surface area contributed by atoms with Crippen LogP contribution in [0.5, 0.6) is 0 Å². The van der Waals surface area contributed by atoms with Gasteiger partial charge >= 0.3 is 0 Å². The number of amides is 1. The molecule has 0 saturated carbocycles. The van der Waals surface area contributed by atoms with E-state index < -0.39 is 12.1 Å². The maximum absolute atomic E-state index is 12.5. The van der Waals surface area contributed by atoms with Crippen molar-refractivity contribution in [3.8, 4) is 0 Å². The van der Waals surface area contributed by atoms with E-state index in [0.717, 1.165) is 51.4 Å². The summed E-state index contributed by atoms with van der Waals surface area (Å²) in [5.74, 6) is -0.0763. The van der Waals surface area contributed by atoms with Crippen LogP contribution >= 0.6 is 0 Å². The van der Waals surface area contributed by atoms with Crippen molar-refractivity contribution in [3.05, 3.63) is 72.9 Å². The third kappa shape index (κ3) is 52.7. The van der Waals surface area contributed by atoms with Gasteiger partial charge in [-0.1, -0.05) is 273 Å². The largest absolute Gasteiger partial charge is 0.394 e. The lowest BCUT2D eigenvalue weighted by atomic mass is 10.0. The van der Waals surface area contributed by atoms with Gasteiger partial charge in [0.05, 0.1) is 18.8 Å². The highest BCUT2D eigenvalue weighted by atomic mass is 16.3. The van der Waals surface area contributed by atoms with Crippen molar-refractivity contribution in [2.75, 3.05) is 6.61 Å². The number of nitrogens with one attached hydrogen (secondary N) is 1. The predicted octanol–water partition coefficient (Wildman–Crippen LogP) is 19.0. The van der Waals surface area contributed by atoms with E-state index in [1.165, 1.54) is 218 Å². The molecule has 2 atom stereocenters. The van der Waals surface area contributed by atoms with Crippen molar-refractivity contribution in [1.82, 2.24) is 5.32 Å². The van der Waals surface area contributed by atoms with E-state index in [4.69, 9.17) is 0 Å². The quantitative estimate of drug-likeness (QED) is 0.0421. The van der Waals surface area contributed by atoms with Crippen molar-refractivity contribution in [2.24, 2.45) is 0 Å². The minimum Gasteiger partial charge on any atom is -0.394 e. The van der Waals surface area contributed by atoms with Gasteiger partial charge in [-0.25, -0.2) is 0 Å². The Kier molecular flexibility index (Phi) is 54.3. The average Bonchev–Trinajstić information content (AvgIpc) is 3.31. The van der Waals surface area contributed by atoms with Crippen molar-refractivity contribution >= 4 is 5.91 Å². The molecule has 0 radical (unpaired) electrons. The fraction of sp³-hybridized carbons (Fsp3) is 0.787. The van der Waals surface area contributed by atoms with E-state index in [9.17, 15) is 15.0 Å². The monoisotopic (exact) mass is 906 g/mol. The maximum Gasteiger partial charge on any atom is 0.220 e. The molecule has 0 aromatic rings. The molecule has 0 bridgehead atoms. The normalized spacial score (nSPS) is 13.4. The second kappa shape index (κ2) is 56.2. The van der Waals surface area contributed by atoms with Crippen molar-refractivity contribution in [1.29, 1.82) is 0 Å². The van der Waals surface area contributed by atoms with Crippen LogP contribution in [0, 0.1) is 0 Å². The number of allylic oxidation sites excluding steroid dienone is 11. The van der Waals surface area contributed by atoms with Gasteiger partial charge in [-0.3, -0.25) is 4.79 Å². The number of hydrogen-bond donors (Lipinski definition) is 3. The summed E-state index contributed by atoms with van der Waals surface area (Å²) in [6, 6.07) is -0.648. The number of aliphatic hydroxyl groups excluding tert-OH is 2. The smallest absolute Gasteiger partial charge is 0.220 e.